The van der Waals surface area contributed by atoms with Gasteiger partial charge >= 0.3 is 0 Å². The lowest BCUT2D eigenvalue weighted by Gasteiger charge is -2.39. The summed E-state index contributed by atoms with van der Waals surface area (Å²) < 4.78 is 11.7. The number of likely N-dealkylation sites (tertiary alicyclic amines) is 1. The molecule has 4 heterocycles. The number of hydrogen-bond acceptors (Lipinski definition) is 5. The Kier molecular flexibility index (Phi) is 4.61. The van der Waals surface area contributed by atoms with Crippen molar-refractivity contribution >= 4 is 5.91 Å². The Morgan fingerprint density at radius 3 is 2.75 bits per heavy atom. The molecule has 1 amide bonds. The maximum absolute atomic E-state index is 12.7. The molecule has 3 fully saturated rings. The van der Waals surface area contributed by atoms with E-state index in [0.29, 0.717) is 6.04 Å². The molecule has 3 aliphatic heterocycles. The fraction of sp³-hybridized carbons (Fsp3) is 0.722. The van der Waals surface area contributed by atoms with Crippen molar-refractivity contribution in [3.63, 3.8) is 0 Å². The Bertz CT molecular complexity index is 554. The largest absolute Gasteiger partial charge is 0.468 e. The zero-order valence-corrected chi connectivity index (χ0v) is 14.4. The molecule has 0 bridgehead atoms. The van der Waals surface area contributed by atoms with E-state index in [2.05, 4.69) is 16.8 Å². The molecule has 0 aliphatic carbocycles. The molecule has 24 heavy (non-hydrogen) atoms. The number of ether oxygens (including phenoxy) is 1. The number of carbonyl (C=O) groups excluding carboxylic acids is 1. The van der Waals surface area contributed by atoms with Gasteiger partial charge in [-0.2, -0.15) is 0 Å². The summed E-state index contributed by atoms with van der Waals surface area (Å²) in [6.07, 6.45) is 4.56. The van der Waals surface area contributed by atoms with Crippen molar-refractivity contribution in [2.75, 3.05) is 39.8 Å². The van der Waals surface area contributed by atoms with Crippen LogP contribution >= 0.6 is 0 Å². The summed E-state index contributed by atoms with van der Waals surface area (Å²) >= 11 is 0. The van der Waals surface area contributed by atoms with Gasteiger partial charge in [0.2, 0.25) is 0 Å². The minimum absolute atomic E-state index is 0.190. The van der Waals surface area contributed by atoms with Crippen LogP contribution in [0.2, 0.25) is 0 Å². The number of fused-ring (bicyclic) bond motifs is 1. The highest BCUT2D eigenvalue weighted by Crippen LogP contribution is 2.33. The number of furan rings is 1. The highest BCUT2D eigenvalue weighted by atomic mass is 16.5. The average molecular weight is 333 g/mol. The quantitative estimate of drug-likeness (QED) is 0.831. The van der Waals surface area contributed by atoms with Crippen LogP contribution in [0.5, 0.6) is 0 Å². The summed E-state index contributed by atoms with van der Waals surface area (Å²) in [7, 11) is 2.11. The van der Waals surface area contributed by atoms with Crippen LogP contribution in [-0.2, 0) is 16.1 Å². The van der Waals surface area contributed by atoms with E-state index in [1.165, 1.54) is 0 Å². The van der Waals surface area contributed by atoms with Gasteiger partial charge < -0.3 is 19.0 Å². The summed E-state index contributed by atoms with van der Waals surface area (Å²) in [6, 6.07) is 4.38. The molecule has 3 saturated heterocycles. The second kappa shape index (κ2) is 6.86. The number of piperazine rings is 1. The molecule has 0 unspecified atom stereocenters. The van der Waals surface area contributed by atoms with E-state index >= 15 is 0 Å². The Labute approximate surface area is 143 Å². The summed E-state index contributed by atoms with van der Waals surface area (Å²) in [5, 5.41) is 0. The molecule has 3 aliphatic rings. The molecule has 0 N–H and O–H groups in total. The average Bonchev–Trinajstić information content (AvgIpc) is 3.25. The van der Waals surface area contributed by atoms with Crippen molar-refractivity contribution in [1.82, 2.24) is 14.7 Å². The third kappa shape index (κ3) is 3.23. The SMILES string of the molecule is CN1CCN(C(=O)[C@@H]2CC[C@H]3[C@H](CCN3Cc3ccco3)O2)CC1. The number of hydrogen-bond donors (Lipinski definition) is 0. The van der Waals surface area contributed by atoms with E-state index in [0.717, 1.165) is 64.3 Å². The first-order valence-electron chi connectivity index (χ1n) is 9.10. The van der Waals surface area contributed by atoms with Crippen LogP contribution in [0, 0.1) is 0 Å². The fourth-order valence-electron chi connectivity index (χ4n) is 4.23. The van der Waals surface area contributed by atoms with Gasteiger partial charge in [0.1, 0.15) is 11.9 Å². The first kappa shape index (κ1) is 16.1. The van der Waals surface area contributed by atoms with Gasteiger partial charge in [0.25, 0.3) is 5.91 Å². The van der Waals surface area contributed by atoms with Gasteiger partial charge in [0.15, 0.2) is 0 Å². The third-order valence-electron chi connectivity index (χ3n) is 5.69. The molecule has 6 nitrogen and oxygen atoms in total. The van der Waals surface area contributed by atoms with Crippen molar-refractivity contribution in [1.29, 1.82) is 0 Å². The normalized spacial score (nSPS) is 32.0. The summed E-state index contributed by atoms with van der Waals surface area (Å²) in [4.78, 5) is 19.4. The maximum Gasteiger partial charge on any atom is 0.251 e. The van der Waals surface area contributed by atoms with E-state index in [4.69, 9.17) is 9.15 Å². The van der Waals surface area contributed by atoms with Gasteiger partial charge in [-0.15, -0.1) is 0 Å². The lowest BCUT2D eigenvalue weighted by molar-refractivity contribution is -0.156. The second-order valence-electron chi connectivity index (χ2n) is 7.27. The topological polar surface area (TPSA) is 49.2 Å². The molecule has 3 atom stereocenters. The Morgan fingerprint density at radius 2 is 2.00 bits per heavy atom. The van der Waals surface area contributed by atoms with Crippen LogP contribution in [0.25, 0.3) is 0 Å². The van der Waals surface area contributed by atoms with Gasteiger partial charge in [0.05, 0.1) is 18.9 Å². The van der Waals surface area contributed by atoms with Gasteiger partial charge in [-0.1, -0.05) is 0 Å². The number of amides is 1. The van der Waals surface area contributed by atoms with Crippen LogP contribution in [-0.4, -0.2) is 78.6 Å². The van der Waals surface area contributed by atoms with Crippen LogP contribution in [0.3, 0.4) is 0 Å². The van der Waals surface area contributed by atoms with E-state index < -0.39 is 0 Å². The fourth-order valence-corrected chi connectivity index (χ4v) is 4.23. The predicted molar refractivity (Wildman–Crippen MR) is 89.5 cm³/mol. The van der Waals surface area contributed by atoms with Crippen molar-refractivity contribution in [2.24, 2.45) is 0 Å². The smallest absolute Gasteiger partial charge is 0.251 e. The van der Waals surface area contributed by atoms with Crippen LogP contribution in [0.1, 0.15) is 25.0 Å². The summed E-state index contributed by atoms with van der Waals surface area (Å²) in [5.74, 6) is 1.21. The monoisotopic (exact) mass is 333 g/mol. The predicted octanol–water partition coefficient (Wildman–Crippen LogP) is 1.18. The zero-order chi connectivity index (χ0) is 16.5. The highest BCUT2D eigenvalue weighted by molar-refractivity contribution is 5.81. The molecule has 4 rings (SSSR count). The molecule has 0 spiro atoms. The molecular formula is C18H27N3O3. The molecule has 0 aromatic carbocycles. The number of nitrogens with zero attached hydrogens (tertiary/aromatic N) is 3. The Hall–Kier alpha value is -1.37. The lowest BCUT2D eigenvalue weighted by atomic mass is 9.98. The Balaban J connectivity index is 1.33. The third-order valence-corrected chi connectivity index (χ3v) is 5.69. The van der Waals surface area contributed by atoms with Crippen molar-refractivity contribution in [3.8, 4) is 0 Å². The minimum atomic E-state index is -0.238. The molecule has 1 aromatic rings. The molecule has 1 aromatic heterocycles. The summed E-state index contributed by atoms with van der Waals surface area (Å²) in [5.41, 5.74) is 0. The van der Waals surface area contributed by atoms with Gasteiger partial charge in [-0.25, -0.2) is 0 Å². The van der Waals surface area contributed by atoms with E-state index in [-0.39, 0.29) is 18.1 Å². The van der Waals surface area contributed by atoms with Gasteiger partial charge in [-0.3, -0.25) is 9.69 Å². The van der Waals surface area contributed by atoms with Crippen molar-refractivity contribution < 1.29 is 13.9 Å². The highest BCUT2D eigenvalue weighted by Gasteiger charge is 2.42. The van der Waals surface area contributed by atoms with Crippen molar-refractivity contribution in [2.45, 2.75) is 44.1 Å². The van der Waals surface area contributed by atoms with E-state index in [1.807, 2.05) is 17.0 Å². The number of rotatable bonds is 3. The molecule has 0 radical (unpaired) electrons. The van der Waals surface area contributed by atoms with Gasteiger partial charge in [0, 0.05) is 38.8 Å². The van der Waals surface area contributed by atoms with Crippen LogP contribution in [0.15, 0.2) is 22.8 Å². The minimum Gasteiger partial charge on any atom is -0.468 e. The molecule has 0 saturated carbocycles. The standard InChI is InChI=1S/C18H27N3O3/c1-19-8-10-20(11-9-19)18(22)17-5-4-15-16(24-17)6-7-21(15)13-14-3-2-12-23-14/h2-3,12,15-17H,4-11,13H2,1H3/t15-,16-,17-/m0/s1. The first-order chi connectivity index (χ1) is 11.7. The summed E-state index contributed by atoms with van der Waals surface area (Å²) in [6.45, 7) is 5.44. The number of likely N-dealkylation sites (N-methyl/N-ethyl adjacent to an activating group) is 1. The van der Waals surface area contributed by atoms with E-state index in [9.17, 15) is 4.79 Å². The zero-order valence-electron chi connectivity index (χ0n) is 14.4. The first-order valence-corrected chi connectivity index (χ1v) is 9.10. The Morgan fingerprint density at radius 1 is 1.17 bits per heavy atom. The molecule has 132 valence electrons. The van der Waals surface area contributed by atoms with E-state index in [1.54, 1.807) is 6.26 Å². The van der Waals surface area contributed by atoms with Crippen LogP contribution < -0.4 is 0 Å². The second-order valence-corrected chi connectivity index (χ2v) is 7.27. The lowest BCUT2D eigenvalue weighted by Crippen LogP contribution is -2.53. The number of carbonyl (C=O) groups is 1. The van der Waals surface area contributed by atoms with Crippen LogP contribution in [0.4, 0.5) is 0 Å². The molecule has 6 heteroatoms. The van der Waals surface area contributed by atoms with Gasteiger partial charge in [-0.05, 0) is 38.4 Å². The van der Waals surface area contributed by atoms with Crippen molar-refractivity contribution in [3.05, 3.63) is 24.2 Å². The maximum atomic E-state index is 12.7. The molecular weight excluding hydrogens is 306 g/mol.